The van der Waals surface area contributed by atoms with Gasteiger partial charge in [-0.1, -0.05) is 22.0 Å². The van der Waals surface area contributed by atoms with Crippen LogP contribution in [0.15, 0.2) is 22.7 Å². The Bertz CT molecular complexity index is 450. The number of rotatable bonds is 6. The fourth-order valence-corrected chi connectivity index (χ4v) is 2.50. The summed E-state index contributed by atoms with van der Waals surface area (Å²) >= 11 is 3.45. The summed E-state index contributed by atoms with van der Waals surface area (Å²) in [6, 6.07) is 6.09. The number of carbonyl (C=O) groups excluding carboxylic acids is 1. The zero-order valence-electron chi connectivity index (χ0n) is 11.0. The van der Waals surface area contributed by atoms with Crippen LogP contribution < -0.4 is 4.90 Å². The number of ether oxygens (including phenoxy) is 2. The third kappa shape index (κ3) is 3.78. The van der Waals surface area contributed by atoms with Crippen LogP contribution in [0.3, 0.4) is 0 Å². The first kappa shape index (κ1) is 14.5. The standard InChI is InChI=1S/C14H18BrNO3/c1-18-8-9-19-7-5-14(17)16-6-4-11-2-3-12(15)10-13(11)16/h2-3,10H,4-9H2,1H3. The number of carbonyl (C=O) groups is 1. The normalized spacial score (nSPS) is 13.7. The smallest absolute Gasteiger partial charge is 0.229 e. The van der Waals surface area contributed by atoms with Crippen LogP contribution in [0, 0.1) is 0 Å². The van der Waals surface area contributed by atoms with Crippen LogP contribution in [0.1, 0.15) is 12.0 Å². The monoisotopic (exact) mass is 327 g/mol. The molecule has 0 saturated heterocycles. The van der Waals surface area contributed by atoms with E-state index in [-0.39, 0.29) is 5.91 Å². The Morgan fingerprint density at radius 3 is 3.00 bits per heavy atom. The molecule has 0 saturated carbocycles. The molecule has 19 heavy (non-hydrogen) atoms. The van der Waals surface area contributed by atoms with Gasteiger partial charge in [0.05, 0.1) is 26.2 Å². The van der Waals surface area contributed by atoms with Gasteiger partial charge in [-0.3, -0.25) is 4.79 Å². The summed E-state index contributed by atoms with van der Waals surface area (Å²) < 4.78 is 11.2. The SMILES string of the molecule is COCCOCCC(=O)N1CCc2ccc(Br)cc21. The Balaban J connectivity index is 1.87. The van der Waals surface area contributed by atoms with Crippen molar-refractivity contribution in [1.82, 2.24) is 0 Å². The molecule has 5 heteroatoms. The van der Waals surface area contributed by atoms with Gasteiger partial charge in [0.1, 0.15) is 0 Å². The second-order valence-corrected chi connectivity index (χ2v) is 5.34. The average Bonchev–Trinajstić information content (AvgIpc) is 2.81. The quantitative estimate of drug-likeness (QED) is 0.753. The number of fused-ring (bicyclic) bond motifs is 1. The number of hydrogen-bond donors (Lipinski definition) is 0. The predicted octanol–water partition coefficient (Wildman–Crippen LogP) is 2.39. The van der Waals surface area contributed by atoms with Crippen molar-refractivity contribution < 1.29 is 14.3 Å². The second kappa shape index (κ2) is 7.03. The van der Waals surface area contributed by atoms with E-state index in [2.05, 4.69) is 22.0 Å². The van der Waals surface area contributed by atoms with Crippen LogP contribution in [0.4, 0.5) is 5.69 Å². The van der Waals surface area contributed by atoms with Gasteiger partial charge >= 0.3 is 0 Å². The molecule has 0 fully saturated rings. The minimum Gasteiger partial charge on any atom is -0.382 e. The summed E-state index contributed by atoms with van der Waals surface area (Å²) in [6.45, 7) is 2.31. The van der Waals surface area contributed by atoms with Crippen LogP contribution in [-0.2, 0) is 20.7 Å². The maximum Gasteiger partial charge on any atom is 0.229 e. The molecule has 0 bridgehead atoms. The summed E-state index contributed by atoms with van der Waals surface area (Å²) in [5.41, 5.74) is 2.26. The molecule has 0 atom stereocenters. The molecule has 0 unspecified atom stereocenters. The molecular formula is C14H18BrNO3. The Kier molecular flexibility index (Phi) is 5.36. The Hall–Kier alpha value is -0.910. The van der Waals surface area contributed by atoms with Crippen molar-refractivity contribution in [3.05, 3.63) is 28.2 Å². The number of halogens is 1. The third-order valence-corrected chi connectivity index (χ3v) is 3.63. The van der Waals surface area contributed by atoms with Crippen LogP contribution >= 0.6 is 15.9 Å². The highest BCUT2D eigenvalue weighted by Crippen LogP contribution is 2.31. The van der Waals surface area contributed by atoms with Crippen molar-refractivity contribution in [2.24, 2.45) is 0 Å². The summed E-state index contributed by atoms with van der Waals surface area (Å²) in [5.74, 6) is 0.120. The Labute approximate surface area is 121 Å². The zero-order valence-corrected chi connectivity index (χ0v) is 12.6. The molecular weight excluding hydrogens is 310 g/mol. The van der Waals surface area contributed by atoms with Gasteiger partial charge in [-0.25, -0.2) is 0 Å². The maximum absolute atomic E-state index is 12.2. The molecule has 0 N–H and O–H groups in total. The van der Waals surface area contributed by atoms with Gasteiger partial charge in [-0.2, -0.15) is 0 Å². The minimum atomic E-state index is 0.120. The van der Waals surface area contributed by atoms with Gasteiger partial charge in [0, 0.05) is 23.8 Å². The number of amides is 1. The van der Waals surface area contributed by atoms with Crippen molar-refractivity contribution >= 4 is 27.5 Å². The Morgan fingerprint density at radius 1 is 1.37 bits per heavy atom. The van der Waals surface area contributed by atoms with E-state index in [1.165, 1.54) is 5.56 Å². The first-order valence-electron chi connectivity index (χ1n) is 6.38. The maximum atomic E-state index is 12.2. The molecule has 1 amide bonds. The largest absolute Gasteiger partial charge is 0.382 e. The fourth-order valence-electron chi connectivity index (χ4n) is 2.15. The summed E-state index contributed by atoms with van der Waals surface area (Å²) in [5, 5.41) is 0. The second-order valence-electron chi connectivity index (χ2n) is 4.42. The van der Waals surface area contributed by atoms with Crippen molar-refractivity contribution in [1.29, 1.82) is 0 Å². The molecule has 0 aliphatic carbocycles. The van der Waals surface area contributed by atoms with E-state index in [0.29, 0.717) is 26.2 Å². The molecule has 1 aliphatic heterocycles. The number of benzene rings is 1. The topological polar surface area (TPSA) is 38.8 Å². The molecule has 104 valence electrons. The molecule has 0 radical (unpaired) electrons. The van der Waals surface area contributed by atoms with Crippen LogP contribution in [-0.4, -0.2) is 39.4 Å². The lowest BCUT2D eigenvalue weighted by Crippen LogP contribution is -2.29. The molecule has 1 aromatic carbocycles. The number of nitrogens with zero attached hydrogens (tertiary/aromatic N) is 1. The number of methoxy groups -OCH3 is 1. The molecule has 1 aliphatic rings. The first-order chi connectivity index (χ1) is 9.22. The zero-order chi connectivity index (χ0) is 13.7. The lowest BCUT2D eigenvalue weighted by Gasteiger charge is -2.17. The van der Waals surface area contributed by atoms with E-state index in [1.54, 1.807) is 7.11 Å². The highest BCUT2D eigenvalue weighted by atomic mass is 79.9. The molecule has 1 heterocycles. The molecule has 4 nitrogen and oxygen atoms in total. The molecule has 0 spiro atoms. The van der Waals surface area contributed by atoms with Gasteiger partial charge in [-0.15, -0.1) is 0 Å². The van der Waals surface area contributed by atoms with Crippen molar-refractivity contribution in [3.63, 3.8) is 0 Å². The van der Waals surface area contributed by atoms with E-state index in [9.17, 15) is 4.79 Å². The number of anilines is 1. The third-order valence-electron chi connectivity index (χ3n) is 3.14. The van der Waals surface area contributed by atoms with Gasteiger partial charge in [-0.05, 0) is 24.1 Å². The van der Waals surface area contributed by atoms with Gasteiger partial charge in [0.2, 0.25) is 5.91 Å². The van der Waals surface area contributed by atoms with E-state index in [0.717, 1.165) is 23.1 Å². The summed E-state index contributed by atoms with van der Waals surface area (Å²) in [6.07, 6.45) is 1.34. The predicted molar refractivity (Wildman–Crippen MR) is 77.5 cm³/mol. The average molecular weight is 328 g/mol. The van der Waals surface area contributed by atoms with Crippen LogP contribution in [0.2, 0.25) is 0 Å². The Morgan fingerprint density at radius 2 is 2.21 bits per heavy atom. The van der Waals surface area contributed by atoms with Crippen molar-refractivity contribution in [3.8, 4) is 0 Å². The molecule has 1 aromatic rings. The van der Waals surface area contributed by atoms with Gasteiger partial charge < -0.3 is 14.4 Å². The van der Waals surface area contributed by atoms with E-state index >= 15 is 0 Å². The van der Waals surface area contributed by atoms with Crippen LogP contribution in [0.5, 0.6) is 0 Å². The number of hydrogen-bond acceptors (Lipinski definition) is 3. The van der Waals surface area contributed by atoms with E-state index < -0.39 is 0 Å². The highest BCUT2D eigenvalue weighted by Gasteiger charge is 2.24. The van der Waals surface area contributed by atoms with E-state index in [1.807, 2.05) is 17.0 Å². The molecule has 0 aromatic heterocycles. The van der Waals surface area contributed by atoms with Crippen LogP contribution in [0.25, 0.3) is 0 Å². The fraction of sp³-hybridized carbons (Fsp3) is 0.500. The highest BCUT2D eigenvalue weighted by molar-refractivity contribution is 9.10. The lowest BCUT2D eigenvalue weighted by molar-refractivity contribution is -0.119. The lowest BCUT2D eigenvalue weighted by atomic mass is 10.2. The first-order valence-corrected chi connectivity index (χ1v) is 7.17. The summed E-state index contributed by atoms with van der Waals surface area (Å²) in [7, 11) is 1.63. The van der Waals surface area contributed by atoms with Gasteiger partial charge in [0.15, 0.2) is 0 Å². The minimum absolute atomic E-state index is 0.120. The molecule has 2 rings (SSSR count). The van der Waals surface area contributed by atoms with E-state index in [4.69, 9.17) is 9.47 Å². The van der Waals surface area contributed by atoms with Gasteiger partial charge in [0.25, 0.3) is 0 Å². The summed E-state index contributed by atoms with van der Waals surface area (Å²) in [4.78, 5) is 14.0. The van der Waals surface area contributed by atoms with Crippen molar-refractivity contribution in [2.75, 3.05) is 38.4 Å². The van der Waals surface area contributed by atoms with Crippen molar-refractivity contribution in [2.45, 2.75) is 12.8 Å².